The molecular formula is C56H92N20O22. The highest BCUT2D eigenvalue weighted by molar-refractivity contribution is 6.01. The summed E-state index contributed by atoms with van der Waals surface area (Å²) in [5.41, 5.74) is 38.2. The van der Waals surface area contributed by atoms with Gasteiger partial charge in [0.05, 0.1) is 32.1 Å². The Kier molecular flexibility index (Phi) is 36.1. The van der Waals surface area contributed by atoms with Crippen molar-refractivity contribution in [3.05, 3.63) is 0 Å². The molecule has 2 fully saturated rings. The Morgan fingerprint density at radius 3 is 1.57 bits per heavy atom. The minimum atomic E-state index is -2.25. The summed E-state index contributed by atoms with van der Waals surface area (Å²) in [6, 6.07) is -21.5. The molecule has 548 valence electrons. The van der Waals surface area contributed by atoms with E-state index in [9.17, 15) is 107 Å². The zero-order chi connectivity index (χ0) is 74.1. The molecule has 98 heavy (non-hydrogen) atoms. The third kappa shape index (κ3) is 30.1. The number of guanidine groups is 1. The molecule has 2 aliphatic rings. The Balaban J connectivity index is 2.85. The monoisotopic (exact) mass is 1400 g/mol. The second-order valence-corrected chi connectivity index (χ2v) is 23.4. The molecule has 0 spiro atoms. The molecule has 29 N–H and O–H groups in total. The van der Waals surface area contributed by atoms with Gasteiger partial charge in [-0.3, -0.25) is 91.3 Å². The van der Waals surface area contributed by atoms with Crippen molar-refractivity contribution in [1.82, 2.24) is 63.4 Å². The number of hydrogen-bond donors (Lipinski definition) is 22. The summed E-state index contributed by atoms with van der Waals surface area (Å²) in [6.07, 6.45) is -7.99. The summed E-state index contributed by atoms with van der Waals surface area (Å²) in [7, 11) is 0. The summed E-state index contributed by atoms with van der Waals surface area (Å²) in [5.74, 6) is -22.7. The van der Waals surface area contributed by atoms with Gasteiger partial charge in [0.15, 0.2) is 5.96 Å². The predicted octanol–water partition coefficient (Wildman–Crippen LogP) is -11.8. The number of aliphatic imine (C=N–C) groups is 1. The molecule has 2 saturated heterocycles. The molecule has 0 aromatic carbocycles. The van der Waals surface area contributed by atoms with E-state index in [1.165, 1.54) is 0 Å². The highest BCUT2D eigenvalue weighted by Crippen LogP contribution is 2.21. The quantitative estimate of drug-likeness (QED) is 0.0196. The van der Waals surface area contributed by atoms with Gasteiger partial charge >= 0.3 is 11.9 Å². The summed E-state index contributed by atoms with van der Waals surface area (Å²) < 4.78 is 0. The van der Waals surface area contributed by atoms with Crippen LogP contribution in [0.15, 0.2) is 4.99 Å². The fourth-order valence-corrected chi connectivity index (χ4v) is 9.84. The normalized spacial score (nSPS) is 23.3. The van der Waals surface area contributed by atoms with E-state index in [2.05, 4.69) is 63.5 Å². The van der Waals surface area contributed by atoms with Crippen LogP contribution in [0.5, 0.6) is 0 Å². The van der Waals surface area contributed by atoms with Gasteiger partial charge in [-0.05, 0) is 76.5 Å². The standard InChI is InChI=1S/C56H92N20O22/c1-25(2)43(44(61)87)75-54(97)36-9-6-20-76(36)55(98)33(22-42(85)86)72-50(93)31-13-17-40(82)64-18-4-3-7-27(66-45(88)26(57)10-14-37(58)79)46(89)73-34(23-77)52(95)69-29(11-15-38(59)80)48(91)67-28(8-5-19-65-56(62)63)47(90)74-35(24-78)53(96)70-30(12-16-39(60)81)49(92)71-32(21-41(83)84)51(94)68-31/h25-36,43,77-78H,3-24,57H2,1-2H3,(H2,58,79)(H2,59,80)(H2,60,81)(H2,61,87)(H,64,82)(H,66,88)(H,67,91)(H,68,94)(H,69,95)(H,70,96)(H,71,92)(H,72,93)(H,73,89)(H,74,90)(H,75,97)(H,83,84)(H,85,86)(H4,62,63,65)/t26-,27-,28-,29-,30-,31-,32-,33-,34-,35-,36-,43-/m0/s1. The molecule has 16 amide bonds. The second-order valence-electron chi connectivity index (χ2n) is 23.4. The number of aliphatic hydroxyl groups excluding tert-OH is 2. The molecule has 2 rings (SSSR count). The first-order valence-electron chi connectivity index (χ1n) is 31.2. The lowest BCUT2D eigenvalue weighted by molar-refractivity contribution is -0.146. The molecular weight excluding hydrogens is 1300 g/mol. The number of likely N-dealkylation sites (tertiary alicyclic amines) is 1. The van der Waals surface area contributed by atoms with E-state index in [1.807, 2.05) is 0 Å². The zero-order valence-corrected chi connectivity index (χ0v) is 54.1. The van der Waals surface area contributed by atoms with Gasteiger partial charge < -0.3 is 124 Å². The van der Waals surface area contributed by atoms with Crippen molar-refractivity contribution in [3.8, 4) is 0 Å². The molecule has 0 radical (unpaired) electrons. The third-order valence-corrected chi connectivity index (χ3v) is 15.2. The molecule has 0 unspecified atom stereocenters. The Labute approximate surface area is 560 Å². The number of nitrogens with zero attached hydrogens (tertiary/aromatic N) is 2. The van der Waals surface area contributed by atoms with Crippen molar-refractivity contribution in [3.63, 3.8) is 0 Å². The summed E-state index contributed by atoms with van der Waals surface area (Å²) in [6.45, 7) is 0.0823. The van der Waals surface area contributed by atoms with Crippen LogP contribution in [0.1, 0.15) is 123 Å². The van der Waals surface area contributed by atoms with Gasteiger partial charge in [-0.1, -0.05) is 13.8 Å². The largest absolute Gasteiger partial charge is 0.481 e. The SMILES string of the molecule is CC(C)[C@H](NC(=O)[C@@H]1CCCN1C(=O)[C@H](CC(=O)O)NC(=O)[C@@H]1CCC(=O)NCCCC[C@H](NC(=O)[C@@H](N)CCC(N)=O)C(=O)N[C@@H](CO)C(=O)N[C@@H](CCC(N)=O)C(=O)N[C@@H](CCCN=C(N)N)C(=O)N[C@@H](CO)C(=O)N[C@@H](CCC(N)=O)C(=O)N[C@@H](CC(=O)O)C(=O)N1)C(N)=O. The predicted molar refractivity (Wildman–Crippen MR) is 336 cm³/mol. The highest BCUT2D eigenvalue weighted by Gasteiger charge is 2.42. The van der Waals surface area contributed by atoms with Crippen LogP contribution in [0, 0.1) is 5.92 Å². The molecule has 42 nitrogen and oxygen atoms in total. The van der Waals surface area contributed by atoms with Gasteiger partial charge in [-0.2, -0.15) is 0 Å². The smallest absolute Gasteiger partial charge is 0.305 e. The van der Waals surface area contributed by atoms with Gasteiger partial charge in [-0.25, -0.2) is 0 Å². The number of hydrogen-bond acceptors (Lipinski definition) is 22. The zero-order valence-electron chi connectivity index (χ0n) is 54.1. The number of carboxylic acids is 2. The van der Waals surface area contributed by atoms with Crippen molar-refractivity contribution in [1.29, 1.82) is 0 Å². The molecule has 0 aromatic heterocycles. The number of aliphatic hydroxyl groups is 2. The number of carbonyl (C=O) groups is 18. The highest BCUT2D eigenvalue weighted by atomic mass is 16.4. The first kappa shape index (κ1) is 83.7. The fourth-order valence-electron chi connectivity index (χ4n) is 9.84. The molecule has 42 heteroatoms. The maximum Gasteiger partial charge on any atom is 0.305 e. The van der Waals surface area contributed by atoms with E-state index >= 15 is 0 Å². The van der Waals surface area contributed by atoms with Crippen LogP contribution >= 0.6 is 0 Å². The minimum Gasteiger partial charge on any atom is -0.481 e. The van der Waals surface area contributed by atoms with E-state index in [1.54, 1.807) is 13.8 Å². The lowest BCUT2D eigenvalue weighted by atomic mass is 10.0. The van der Waals surface area contributed by atoms with Gasteiger partial charge in [0.2, 0.25) is 94.5 Å². The number of carboxylic acid groups (broad SMARTS) is 2. The lowest BCUT2D eigenvalue weighted by Gasteiger charge is -2.30. The van der Waals surface area contributed by atoms with Crippen LogP contribution < -0.4 is 98.6 Å². The minimum absolute atomic E-state index is 0.00494. The van der Waals surface area contributed by atoms with Crippen molar-refractivity contribution < 1.29 is 107 Å². The number of primary amides is 4. The van der Waals surface area contributed by atoms with E-state index < -0.39 is 262 Å². The number of amides is 16. The Morgan fingerprint density at radius 1 is 0.582 bits per heavy atom. The average molecular weight is 1400 g/mol. The van der Waals surface area contributed by atoms with Gasteiger partial charge in [0, 0.05) is 45.3 Å². The molecule has 12 atom stereocenters. The second kappa shape index (κ2) is 42.2. The van der Waals surface area contributed by atoms with Gasteiger partial charge in [0.25, 0.3) is 0 Å². The van der Waals surface area contributed by atoms with Crippen molar-refractivity contribution in [2.45, 2.75) is 196 Å². The number of rotatable bonds is 28. The number of carbonyl (C=O) groups excluding carboxylic acids is 16. The van der Waals surface area contributed by atoms with Crippen LogP contribution in [0.3, 0.4) is 0 Å². The Hall–Kier alpha value is -10.4. The molecule has 2 heterocycles. The lowest BCUT2D eigenvalue weighted by Crippen LogP contribution is -2.61. The van der Waals surface area contributed by atoms with E-state index in [0.717, 1.165) is 4.90 Å². The number of aliphatic carboxylic acids is 2. The van der Waals surface area contributed by atoms with Crippen LogP contribution in [0.4, 0.5) is 0 Å². The summed E-state index contributed by atoms with van der Waals surface area (Å²) in [5, 5.41) is 65.7. The van der Waals surface area contributed by atoms with Crippen molar-refractivity contribution >= 4 is 112 Å². The maximum atomic E-state index is 14.4. The molecule has 2 aliphatic heterocycles. The summed E-state index contributed by atoms with van der Waals surface area (Å²) in [4.78, 5) is 245. The van der Waals surface area contributed by atoms with Crippen molar-refractivity contribution in [2.75, 3.05) is 32.8 Å². The van der Waals surface area contributed by atoms with Gasteiger partial charge in [0.1, 0.15) is 66.5 Å². The van der Waals surface area contributed by atoms with Crippen LogP contribution in [0.2, 0.25) is 0 Å². The van der Waals surface area contributed by atoms with Crippen LogP contribution in [-0.4, -0.2) is 243 Å². The topological polar surface area (TPSA) is 718 Å². The Morgan fingerprint density at radius 2 is 1.08 bits per heavy atom. The number of nitrogens with two attached hydrogens (primary N) is 7. The van der Waals surface area contributed by atoms with Crippen LogP contribution in [0.25, 0.3) is 0 Å². The third-order valence-electron chi connectivity index (χ3n) is 15.2. The molecule has 0 aliphatic carbocycles. The average Bonchev–Trinajstić information content (AvgIpc) is 1.51. The first-order valence-corrected chi connectivity index (χ1v) is 31.2. The Bertz CT molecular complexity index is 2950. The van der Waals surface area contributed by atoms with E-state index in [4.69, 9.17) is 40.1 Å². The molecule has 0 saturated carbocycles. The molecule has 0 bridgehead atoms. The summed E-state index contributed by atoms with van der Waals surface area (Å²) >= 11 is 0. The van der Waals surface area contributed by atoms with Gasteiger partial charge in [-0.15, -0.1) is 0 Å². The van der Waals surface area contributed by atoms with Crippen molar-refractivity contribution in [2.24, 2.45) is 51.0 Å². The maximum absolute atomic E-state index is 14.4. The van der Waals surface area contributed by atoms with E-state index in [-0.39, 0.29) is 71.0 Å². The number of nitrogens with one attached hydrogen (secondary N) is 11. The molecule has 0 aromatic rings. The van der Waals surface area contributed by atoms with E-state index in [0.29, 0.717) is 0 Å². The fraction of sp³-hybridized carbons (Fsp3) is 0.661. The first-order chi connectivity index (χ1) is 46.0. The van der Waals surface area contributed by atoms with Crippen LogP contribution in [-0.2, 0) is 86.3 Å².